The third kappa shape index (κ3) is 3.89. The molecule has 0 unspecified atom stereocenters. The number of aryl methyl sites for hydroxylation is 2. The van der Waals surface area contributed by atoms with Crippen molar-refractivity contribution in [1.82, 2.24) is 4.90 Å². The third-order valence-electron chi connectivity index (χ3n) is 4.43. The highest BCUT2D eigenvalue weighted by Crippen LogP contribution is 2.23. The number of sulfonamides is 1. The topological polar surface area (TPSA) is 75.7 Å². The van der Waals surface area contributed by atoms with Gasteiger partial charge in [0.25, 0.3) is 15.9 Å². The lowest BCUT2D eigenvalue weighted by molar-refractivity contribution is 0.0303. The standard InChI is InChI=1S/C19H22N2O4S/c1-14-4-3-5-15(2)18(14)20-26(23,24)17-8-6-16(7-9-17)19(22)21-10-12-25-13-11-21/h3-9,20H,10-13H2,1-2H3. The molecule has 2 aromatic carbocycles. The highest BCUT2D eigenvalue weighted by atomic mass is 32.2. The first-order valence-corrected chi connectivity index (χ1v) is 9.93. The van der Waals surface area contributed by atoms with E-state index in [1.54, 1.807) is 17.0 Å². The predicted molar refractivity (Wildman–Crippen MR) is 99.9 cm³/mol. The molecule has 2 aromatic rings. The van der Waals surface area contributed by atoms with Crippen LogP contribution >= 0.6 is 0 Å². The molecule has 7 heteroatoms. The Morgan fingerprint density at radius 2 is 1.58 bits per heavy atom. The third-order valence-corrected chi connectivity index (χ3v) is 5.79. The fraction of sp³-hybridized carbons (Fsp3) is 0.316. The molecule has 0 atom stereocenters. The Kier molecular flexibility index (Phi) is 5.29. The molecular weight excluding hydrogens is 352 g/mol. The molecule has 26 heavy (non-hydrogen) atoms. The molecule has 1 saturated heterocycles. The molecule has 3 rings (SSSR count). The van der Waals surface area contributed by atoms with Crippen molar-refractivity contribution in [2.24, 2.45) is 0 Å². The van der Waals surface area contributed by atoms with E-state index >= 15 is 0 Å². The average Bonchev–Trinajstić information content (AvgIpc) is 2.65. The van der Waals surface area contributed by atoms with Gasteiger partial charge in [-0.05, 0) is 49.2 Å². The highest BCUT2D eigenvalue weighted by molar-refractivity contribution is 7.92. The van der Waals surface area contributed by atoms with E-state index in [0.717, 1.165) is 11.1 Å². The smallest absolute Gasteiger partial charge is 0.261 e. The Labute approximate surface area is 153 Å². The maximum atomic E-state index is 12.7. The van der Waals surface area contributed by atoms with Gasteiger partial charge < -0.3 is 9.64 Å². The Balaban J connectivity index is 1.80. The van der Waals surface area contributed by atoms with Gasteiger partial charge in [-0.25, -0.2) is 8.42 Å². The molecule has 1 aliphatic rings. The summed E-state index contributed by atoms with van der Waals surface area (Å²) in [7, 11) is -3.72. The summed E-state index contributed by atoms with van der Waals surface area (Å²) < 4.78 is 33.2. The number of carbonyl (C=O) groups is 1. The zero-order valence-electron chi connectivity index (χ0n) is 14.9. The van der Waals surface area contributed by atoms with Crippen LogP contribution in [0.3, 0.4) is 0 Å². The first-order valence-electron chi connectivity index (χ1n) is 8.44. The summed E-state index contributed by atoms with van der Waals surface area (Å²) in [5.74, 6) is -0.111. The fourth-order valence-corrected chi connectivity index (χ4v) is 4.10. The molecule has 0 aliphatic carbocycles. The van der Waals surface area contributed by atoms with Crippen LogP contribution in [-0.4, -0.2) is 45.5 Å². The van der Waals surface area contributed by atoms with Crippen LogP contribution in [0.2, 0.25) is 0 Å². The van der Waals surface area contributed by atoms with Gasteiger partial charge in [0.2, 0.25) is 0 Å². The van der Waals surface area contributed by atoms with Crippen molar-refractivity contribution in [3.05, 3.63) is 59.2 Å². The van der Waals surface area contributed by atoms with E-state index in [-0.39, 0.29) is 10.8 Å². The number of para-hydroxylation sites is 1. The SMILES string of the molecule is Cc1cccc(C)c1NS(=O)(=O)c1ccc(C(=O)N2CCOCC2)cc1. The zero-order valence-corrected chi connectivity index (χ0v) is 15.7. The normalized spacial score (nSPS) is 14.9. The monoisotopic (exact) mass is 374 g/mol. The molecule has 1 N–H and O–H groups in total. The summed E-state index contributed by atoms with van der Waals surface area (Å²) in [5, 5.41) is 0. The lowest BCUT2D eigenvalue weighted by atomic mass is 10.1. The second-order valence-corrected chi connectivity index (χ2v) is 7.98. The van der Waals surface area contributed by atoms with E-state index in [9.17, 15) is 13.2 Å². The average molecular weight is 374 g/mol. The van der Waals surface area contributed by atoms with E-state index in [0.29, 0.717) is 37.6 Å². The van der Waals surface area contributed by atoms with E-state index in [4.69, 9.17) is 4.74 Å². The molecule has 1 heterocycles. The van der Waals surface area contributed by atoms with Crippen molar-refractivity contribution in [3.8, 4) is 0 Å². The summed E-state index contributed by atoms with van der Waals surface area (Å²) in [5.41, 5.74) is 2.76. The van der Waals surface area contributed by atoms with Gasteiger partial charge in [0.05, 0.1) is 23.8 Å². The van der Waals surface area contributed by atoms with Crippen LogP contribution in [0.4, 0.5) is 5.69 Å². The molecule has 0 saturated carbocycles. The number of carbonyl (C=O) groups excluding carboxylic acids is 1. The molecule has 0 radical (unpaired) electrons. The lowest BCUT2D eigenvalue weighted by Crippen LogP contribution is -2.40. The second kappa shape index (κ2) is 7.47. The van der Waals surface area contributed by atoms with E-state index in [2.05, 4.69) is 4.72 Å². The molecule has 138 valence electrons. The highest BCUT2D eigenvalue weighted by Gasteiger charge is 2.20. The number of nitrogens with one attached hydrogen (secondary N) is 1. The van der Waals surface area contributed by atoms with Gasteiger partial charge in [-0.1, -0.05) is 18.2 Å². The van der Waals surface area contributed by atoms with Gasteiger partial charge in [-0.15, -0.1) is 0 Å². The Morgan fingerprint density at radius 3 is 2.15 bits per heavy atom. The quantitative estimate of drug-likeness (QED) is 0.892. The molecule has 1 fully saturated rings. The van der Waals surface area contributed by atoms with Crippen molar-refractivity contribution in [2.75, 3.05) is 31.0 Å². The number of morpholine rings is 1. The fourth-order valence-electron chi connectivity index (χ4n) is 2.89. The first-order chi connectivity index (χ1) is 12.4. The maximum Gasteiger partial charge on any atom is 0.261 e. The number of ether oxygens (including phenoxy) is 1. The van der Waals surface area contributed by atoms with Crippen LogP contribution in [0.15, 0.2) is 47.4 Å². The second-order valence-electron chi connectivity index (χ2n) is 6.30. The van der Waals surface area contributed by atoms with Gasteiger partial charge in [-0.2, -0.15) is 0 Å². The minimum absolute atomic E-state index is 0.111. The van der Waals surface area contributed by atoms with Crippen LogP contribution in [0.5, 0.6) is 0 Å². The van der Waals surface area contributed by atoms with Gasteiger partial charge >= 0.3 is 0 Å². The molecular formula is C19H22N2O4S. The zero-order chi connectivity index (χ0) is 18.7. The van der Waals surface area contributed by atoms with Crippen LogP contribution in [0.1, 0.15) is 21.5 Å². The van der Waals surface area contributed by atoms with Crippen molar-refractivity contribution in [3.63, 3.8) is 0 Å². The van der Waals surface area contributed by atoms with E-state index in [1.807, 2.05) is 32.0 Å². The molecule has 0 aromatic heterocycles. The summed E-state index contributed by atoms with van der Waals surface area (Å²) in [6, 6.07) is 11.6. The number of nitrogens with zero attached hydrogens (tertiary/aromatic N) is 1. The number of rotatable bonds is 4. The van der Waals surface area contributed by atoms with Crippen LogP contribution in [0, 0.1) is 13.8 Å². The largest absolute Gasteiger partial charge is 0.378 e. The summed E-state index contributed by atoms with van der Waals surface area (Å²) in [6.07, 6.45) is 0. The number of benzene rings is 2. The summed E-state index contributed by atoms with van der Waals surface area (Å²) in [4.78, 5) is 14.3. The molecule has 1 aliphatic heterocycles. The van der Waals surface area contributed by atoms with Crippen molar-refractivity contribution in [1.29, 1.82) is 0 Å². The van der Waals surface area contributed by atoms with E-state index in [1.165, 1.54) is 12.1 Å². The number of anilines is 1. The lowest BCUT2D eigenvalue weighted by Gasteiger charge is -2.26. The van der Waals surface area contributed by atoms with Crippen molar-refractivity contribution < 1.29 is 17.9 Å². The van der Waals surface area contributed by atoms with Gasteiger partial charge in [0.15, 0.2) is 0 Å². The predicted octanol–water partition coefficient (Wildman–Crippen LogP) is 2.58. The maximum absolute atomic E-state index is 12.7. The Bertz CT molecular complexity index is 881. The van der Waals surface area contributed by atoms with Gasteiger partial charge in [0.1, 0.15) is 0 Å². The van der Waals surface area contributed by atoms with Crippen molar-refractivity contribution in [2.45, 2.75) is 18.7 Å². The van der Waals surface area contributed by atoms with Crippen LogP contribution in [0.25, 0.3) is 0 Å². The number of hydrogen-bond donors (Lipinski definition) is 1. The van der Waals surface area contributed by atoms with Crippen molar-refractivity contribution >= 4 is 21.6 Å². The molecule has 0 spiro atoms. The molecule has 6 nitrogen and oxygen atoms in total. The first kappa shape index (κ1) is 18.4. The minimum atomic E-state index is -3.72. The van der Waals surface area contributed by atoms with Crippen LogP contribution < -0.4 is 4.72 Å². The summed E-state index contributed by atoms with van der Waals surface area (Å²) in [6.45, 7) is 5.86. The van der Waals surface area contributed by atoms with Gasteiger partial charge in [0, 0.05) is 18.7 Å². The Hall–Kier alpha value is -2.38. The van der Waals surface area contributed by atoms with Crippen LogP contribution in [-0.2, 0) is 14.8 Å². The minimum Gasteiger partial charge on any atom is -0.378 e. The number of hydrogen-bond acceptors (Lipinski definition) is 4. The molecule has 1 amide bonds. The number of amides is 1. The summed E-state index contributed by atoms with van der Waals surface area (Å²) >= 11 is 0. The van der Waals surface area contributed by atoms with Gasteiger partial charge in [-0.3, -0.25) is 9.52 Å². The molecule has 0 bridgehead atoms. The van der Waals surface area contributed by atoms with E-state index < -0.39 is 10.0 Å². The Morgan fingerprint density at radius 1 is 1.00 bits per heavy atom.